The van der Waals surface area contributed by atoms with Crippen molar-refractivity contribution in [1.82, 2.24) is 20.4 Å². The van der Waals surface area contributed by atoms with Gasteiger partial charge in [0.1, 0.15) is 0 Å². The Hall–Kier alpha value is -3.36. The molecule has 0 radical (unpaired) electrons. The van der Waals surface area contributed by atoms with Crippen LogP contribution in [0.5, 0.6) is 0 Å². The highest BCUT2D eigenvalue weighted by Crippen LogP contribution is 2.28. The maximum absolute atomic E-state index is 12.9. The average molecular weight is 497 g/mol. The number of piperazine rings is 1. The summed E-state index contributed by atoms with van der Waals surface area (Å²) in [6.07, 6.45) is 0.262. The van der Waals surface area contributed by atoms with Gasteiger partial charge in [-0.1, -0.05) is 60.1 Å². The van der Waals surface area contributed by atoms with Gasteiger partial charge in [-0.15, -0.1) is 0 Å². The molecular formula is C26H29ClN4O4. The van der Waals surface area contributed by atoms with E-state index in [4.69, 9.17) is 16.3 Å². The zero-order valence-electron chi connectivity index (χ0n) is 19.6. The Bertz CT molecular complexity index is 1110. The van der Waals surface area contributed by atoms with Crippen LogP contribution in [-0.2, 0) is 20.7 Å². The second kappa shape index (κ2) is 11.4. The summed E-state index contributed by atoms with van der Waals surface area (Å²) in [5, 5.41) is 6.26. The van der Waals surface area contributed by atoms with Gasteiger partial charge in [0.2, 0.25) is 5.91 Å². The van der Waals surface area contributed by atoms with E-state index in [0.717, 1.165) is 11.1 Å². The number of benzene rings is 2. The van der Waals surface area contributed by atoms with Crippen LogP contribution in [0.3, 0.4) is 0 Å². The van der Waals surface area contributed by atoms with Gasteiger partial charge >= 0.3 is 12.0 Å². The van der Waals surface area contributed by atoms with E-state index >= 15 is 0 Å². The fourth-order valence-electron chi connectivity index (χ4n) is 4.38. The maximum Gasteiger partial charge on any atom is 0.338 e. The number of rotatable bonds is 7. The van der Waals surface area contributed by atoms with E-state index in [9.17, 15) is 14.4 Å². The number of hydrogen-bond donors (Lipinski definition) is 2. The number of nitrogens with zero attached hydrogens (tertiary/aromatic N) is 2. The van der Waals surface area contributed by atoms with E-state index in [1.54, 1.807) is 13.0 Å². The van der Waals surface area contributed by atoms with Crippen LogP contribution in [0.15, 0.2) is 65.9 Å². The molecule has 3 amide bonds. The first-order chi connectivity index (χ1) is 17.0. The number of nitrogens with one attached hydrogen (secondary N) is 2. The van der Waals surface area contributed by atoms with Crippen molar-refractivity contribution in [3.8, 4) is 0 Å². The minimum Gasteiger partial charge on any atom is -0.463 e. The summed E-state index contributed by atoms with van der Waals surface area (Å²) >= 11 is 6.21. The van der Waals surface area contributed by atoms with Gasteiger partial charge < -0.3 is 20.3 Å². The molecule has 2 aliphatic heterocycles. The van der Waals surface area contributed by atoms with Crippen LogP contribution in [0.25, 0.3) is 0 Å². The quantitative estimate of drug-likeness (QED) is 0.575. The van der Waals surface area contributed by atoms with Gasteiger partial charge in [-0.3, -0.25) is 9.69 Å². The molecule has 8 nitrogen and oxygen atoms in total. The van der Waals surface area contributed by atoms with Crippen LogP contribution < -0.4 is 10.6 Å². The zero-order valence-corrected chi connectivity index (χ0v) is 20.4. The summed E-state index contributed by atoms with van der Waals surface area (Å²) in [5.74, 6) is -0.430. The molecule has 2 aromatic rings. The van der Waals surface area contributed by atoms with Gasteiger partial charge in [-0.25, -0.2) is 9.59 Å². The van der Waals surface area contributed by atoms with Crippen LogP contribution in [0.1, 0.15) is 24.1 Å². The average Bonchev–Trinajstić information content (AvgIpc) is 2.86. The number of halogens is 1. The number of ether oxygens (including phenoxy) is 1. The Morgan fingerprint density at radius 3 is 2.40 bits per heavy atom. The molecule has 0 saturated carbocycles. The van der Waals surface area contributed by atoms with Gasteiger partial charge in [0, 0.05) is 43.4 Å². The van der Waals surface area contributed by atoms with Gasteiger partial charge in [0.05, 0.1) is 24.6 Å². The lowest BCUT2D eigenvalue weighted by atomic mass is 9.95. The molecule has 9 heteroatoms. The SMILES string of the molecule is CCOC(=O)C1=C(CN2CCN(C(=O)Cc3ccccc3Cl)CC2)NC(=O)NC1c1ccccc1. The van der Waals surface area contributed by atoms with Crippen molar-refractivity contribution < 1.29 is 19.1 Å². The van der Waals surface area contributed by atoms with Crippen molar-refractivity contribution in [2.45, 2.75) is 19.4 Å². The van der Waals surface area contributed by atoms with Crippen molar-refractivity contribution in [3.63, 3.8) is 0 Å². The molecule has 2 aromatic carbocycles. The zero-order chi connectivity index (χ0) is 24.8. The van der Waals surface area contributed by atoms with Crippen LogP contribution >= 0.6 is 11.6 Å². The first kappa shape index (κ1) is 24.8. The monoisotopic (exact) mass is 496 g/mol. The molecule has 1 saturated heterocycles. The second-order valence-electron chi connectivity index (χ2n) is 8.48. The number of amides is 3. The Kier molecular flexibility index (Phi) is 8.05. The van der Waals surface area contributed by atoms with Gasteiger partial charge in [-0.2, -0.15) is 0 Å². The van der Waals surface area contributed by atoms with Crippen molar-refractivity contribution >= 4 is 29.5 Å². The first-order valence-electron chi connectivity index (χ1n) is 11.7. The lowest BCUT2D eigenvalue weighted by Gasteiger charge is -2.37. The minimum absolute atomic E-state index is 0.0310. The molecule has 1 fully saturated rings. The number of hydrogen-bond acceptors (Lipinski definition) is 5. The third-order valence-electron chi connectivity index (χ3n) is 6.19. The predicted octanol–water partition coefficient (Wildman–Crippen LogP) is 2.90. The molecule has 35 heavy (non-hydrogen) atoms. The first-order valence-corrected chi connectivity index (χ1v) is 12.1. The van der Waals surface area contributed by atoms with Gasteiger partial charge in [-0.05, 0) is 24.1 Å². The second-order valence-corrected chi connectivity index (χ2v) is 8.89. The Labute approximate surface area is 209 Å². The smallest absolute Gasteiger partial charge is 0.338 e. The Balaban J connectivity index is 1.46. The fourth-order valence-corrected chi connectivity index (χ4v) is 4.59. The van der Waals surface area contributed by atoms with E-state index in [2.05, 4.69) is 15.5 Å². The number of carbonyl (C=O) groups excluding carboxylic acids is 3. The lowest BCUT2D eigenvalue weighted by Crippen LogP contribution is -2.52. The van der Waals surface area contributed by atoms with Gasteiger partial charge in [0.15, 0.2) is 0 Å². The van der Waals surface area contributed by atoms with Crippen molar-refractivity contribution in [1.29, 1.82) is 0 Å². The molecule has 2 heterocycles. The molecule has 2 N–H and O–H groups in total. The number of carbonyl (C=O) groups is 3. The van der Waals surface area contributed by atoms with Crippen molar-refractivity contribution in [2.24, 2.45) is 0 Å². The summed E-state index contributed by atoms with van der Waals surface area (Å²) in [6.45, 7) is 4.71. The third-order valence-corrected chi connectivity index (χ3v) is 6.56. The minimum atomic E-state index is -0.600. The van der Waals surface area contributed by atoms with Crippen LogP contribution in [0.2, 0.25) is 5.02 Å². The number of esters is 1. The molecule has 4 rings (SSSR count). The molecular weight excluding hydrogens is 468 g/mol. The largest absolute Gasteiger partial charge is 0.463 e. The van der Waals surface area contributed by atoms with Crippen LogP contribution in [0.4, 0.5) is 4.79 Å². The summed E-state index contributed by atoms with van der Waals surface area (Å²) in [6, 6.07) is 15.8. The third kappa shape index (κ3) is 6.01. The maximum atomic E-state index is 12.9. The lowest BCUT2D eigenvalue weighted by molar-refractivity contribution is -0.139. The van der Waals surface area contributed by atoms with E-state index in [0.29, 0.717) is 49.0 Å². The van der Waals surface area contributed by atoms with E-state index in [-0.39, 0.29) is 25.0 Å². The topological polar surface area (TPSA) is 91.0 Å². The van der Waals surface area contributed by atoms with Crippen LogP contribution in [-0.4, -0.2) is 67.0 Å². The predicted molar refractivity (Wildman–Crippen MR) is 133 cm³/mol. The molecule has 1 unspecified atom stereocenters. The van der Waals surface area contributed by atoms with Crippen LogP contribution in [0, 0.1) is 0 Å². The highest BCUT2D eigenvalue weighted by molar-refractivity contribution is 6.31. The van der Waals surface area contributed by atoms with Crippen molar-refractivity contribution in [2.75, 3.05) is 39.3 Å². The molecule has 0 spiro atoms. The standard InChI is InChI=1S/C26H29ClN4O4/c1-2-35-25(33)23-21(28-26(34)29-24(23)18-8-4-3-5-9-18)17-30-12-14-31(15-13-30)22(32)16-19-10-6-7-11-20(19)27/h3-11,24H,2,12-17H2,1H3,(H2,28,29,34). The fraction of sp³-hybridized carbons (Fsp3) is 0.346. The molecule has 2 aliphatic rings. The molecule has 0 aromatic heterocycles. The highest BCUT2D eigenvalue weighted by Gasteiger charge is 2.34. The normalized spacial score (nSPS) is 18.6. The molecule has 1 atom stereocenters. The summed E-state index contributed by atoms with van der Waals surface area (Å²) in [4.78, 5) is 42.1. The molecule has 0 bridgehead atoms. The summed E-state index contributed by atoms with van der Waals surface area (Å²) < 4.78 is 5.33. The molecule has 184 valence electrons. The molecule has 0 aliphatic carbocycles. The Morgan fingerprint density at radius 2 is 1.71 bits per heavy atom. The highest BCUT2D eigenvalue weighted by atomic mass is 35.5. The van der Waals surface area contributed by atoms with E-state index in [1.165, 1.54) is 0 Å². The van der Waals surface area contributed by atoms with Crippen molar-refractivity contribution in [3.05, 3.63) is 82.0 Å². The summed E-state index contributed by atoms with van der Waals surface area (Å²) in [7, 11) is 0. The van der Waals surface area contributed by atoms with Gasteiger partial charge in [0.25, 0.3) is 0 Å². The Morgan fingerprint density at radius 1 is 1.03 bits per heavy atom. The van der Waals surface area contributed by atoms with E-state index < -0.39 is 12.0 Å². The van der Waals surface area contributed by atoms with E-state index in [1.807, 2.05) is 53.4 Å². The summed E-state index contributed by atoms with van der Waals surface area (Å²) in [5.41, 5.74) is 2.54. The number of urea groups is 1.